The van der Waals surface area contributed by atoms with Crippen molar-refractivity contribution in [3.05, 3.63) is 59.9 Å². The third-order valence-electron chi connectivity index (χ3n) is 4.17. The van der Waals surface area contributed by atoms with Crippen LogP contribution in [0.2, 0.25) is 0 Å². The average molecular weight is 362 g/mol. The highest BCUT2D eigenvalue weighted by atomic mass is 32.2. The second kappa shape index (κ2) is 7.33. The quantitative estimate of drug-likeness (QED) is 0.908. The van der Waals surface area contributed by atoms with Crippen molar-refractivity contribution in [2.75, 3.05) is 18.4 Å². The number of sulfonamides is 1. The molecule has 0 bridgehead atoms. The van der Waals surface area contributed by atoms with Crippen LogP contribution in [-0.4, -0.2) is 31.7 Å². The predicted octanol–water partition coefficient (Wildman–Crippen LogP) is 3.25. The number of amides is 1. The first-order chi connectivity index (χ1) is 12.0. The third-order valence-corrected chi connectivity index (χ3v) is 6.12. The fourth-order valence-electron chi connectivity index (χ4n) is 2.86. The minimum Gasteiger partial charge on any atom is -0.322 e. The lowest BCUT2D eigenvalue weighted by atomic mass is 10.2. The SMILES string of the molecule is O=C(Nc1ccc(F)cc1)c1ccccc1S(=O)(=O)N1CCCCC1. The fraction of sp³-hybridized carbons (Fsp3) is 0.278. The molecule has 0 atom stereocenters. The molecule has 0 aromatic heterocycles. The van der Waals surface area contributed by atoms with Crippen molar-refractivity contribution in [1.29, 1.82) is 0 Å². The van der Waals surface area contributed by atoms with Crippen molar-refractivity contribution in [1.82, 2.24) is 4.31 Å². The summed E-state index contributed by atoms with van der Waals surface area (Å²) >= 11 is 0. The molecule has 3 rings (SSSR count). The lowest BCUT2D eigenvalue weighted by molar-refractivity contribution is 0.102. The first-order valence-corrected chi connectivity index (χ1v) is 9.58. The Bertz CT molecular complexity index is 860. The molecule has 7 heteroatoms. The Labute approximate surface area is 146 Å². The monoisotopic (exact) mass is 362 g/mol. The molecule has 132 valence electrons. The van der Waals surface area contributed by atoms with Gasteiger partial charge in [-0.15, -0.1) is 0 Å². The summed E-state index contributed by atoms with van der Waals surface area (Å²) in [5.74, 6) is -0.950. The Morgan fingerprint density at radius 1 is 0.960 bits per heavy atom. The number of hydrogen-bond donors (Lipinski definition) is 1. The van der Waals surface area contributed by atoms with Gasteiger partial charge in [-0.25, -0.2) is 12.8 Å². The number of piperidine rings is 1. The van der Waals surface area contributed by atoms with Crippen molar-refractivity contribution in [2.24, 2.45) is 0 Å². The molecule has 0 spiro atoms. The topological polar surface area (TPSA) is 66.5 Å². The van der Waals surface area contributed by atoms with E-state index in [2.05, 4.69) is 5.32 Å². The maximum absolute atomic E-state index is 13.0. The molecule has 1 N–H and O–H groups in total. The van der Waals surface area contributed by atoms with Gasteiger partial charge in [0.2, 0.25) is 10.0 Å². The average Bonchev–Trinajstić information content (AvgIpc) is 2.64. The van der Waals surface area contributed by atoms with Crippen LogP contribution in [0, 0.1) is 5.82 Å². The second-order valence-electron chi connectivity index (χ2n) is 5.92. The molecule has 1 saturated heterocycles. The molecule has 2 aromatic carbocycles. The van der Waals surface area contributed by atoms with E-state index >= 15 is 0 Å². The summed E-state index contributed by atoms with van der Waals surface area (Å²) in [5.41, 5.74) is 0.481. The first kappa shape index (κ1) is 17.6. The van der Waals surface area contributed by atoms with Crippen LogP contribution in [-0.2, 0) is 10.0 Å². The number of carbonyl (C=O) groups excluding carboxylic acids is 1. The van der Waals surface area contributed by atoms with Gasteiger partial charge in [-0.2, -0.15) is 4.31 Å². The van der Waals surface area contributed by atoms with E-state index in [1.807, 2.05) is 0 Å². The van der Waals surface area contributed by atoms with E-state index in [1.54, 1.807) is 12.1 Å². The molecule has 0 saturated carbocycles. The van der Waals surface area contributed by atoms with E-state index in [0.29, 0.717) is 18.8 Å². The van der Waals surface area contributed by atoms with Crippen molar-refractivity contribution in [3.63, 3.8) is 0 Å². The minimum atomic E-state index is -3.72. The van der Waals surface area contributed by atoms with Gasteiger partial charge >= 0.3 is 0 Å². The highest BCUT2D eigenvalue weighted by Gasteiger charge is 2.29. The number of nitrogens with one attached hydrogen (secondary N) is 1. The van der Waals surface area contributed by atoms with Crippen LogP contribution in [0.15, 0.2) is 53.4 Å². The molecule has 2 aromatic rings. The second-order valence-corrected chi connectivity index (χ2v) is 7.83. The molecule has 1 aliphatic rings. The van der Waals surface area contributed by atoms with Crippen LogP contribution in [0.25, 0.3) is 0 Å². The molecule has 1 fully saturated rings. The number of carbonyl (C=O) groups is 1. The number of benzene rings is 2. The Hall–Kier alpha value is -2.25. The molecule has 1 amide bonds. The van der Waals surface area contributed by atoms with Crippen molar-refractivity contribution >= 4 is 21.6 Å². The van der Waals surface area contributed by atoms with Crippen LogP contribution in [0.1, 0.15) is 29.6 Å². The molecule has 1 aliphatic heterocycles. The summed E-state index contributed by atoms with van der Waals surface area (Å²) in [7, 11) is -3.72. The third kappa shape index (κ3) is 3.88. The highest BCUT2D eigenvalue weighted by molar-refractivity contribution is 7.89. The predicted molar refractivity (Wildman–Crippen MR) is 93.4 cm³/mol. The smallest absolute Gasteiger partial charge is 0.257 e. The maximum Gasteiger partial charge on any atom is 0.257 e. The van der Waals surface area contributed by atoms with Crippen LogP contribution >= 0.6 is 0 Å². The van der Waals surface area contributed by atoms with Gasteiger partial charge in [-0.3, -0.25) is 4.79 Å². The van der Waals surface area contributed by atoms with E-state index in [9.17, 15) is 17.6 Å². The van der Waals surface area contributed by atoms with E-state index in [1.165, 1.54) is 40.7 Å². The number of hydrogen-bond acceptors (Lipinski definition) is 3. The van der Waals surface area contributed by atoms with Crippen LogP contribution in [0.3, 0.4) is 0 Å². The van der Waals surface area contributed by atoms with Crippen LogP contribution in [0.5, 0.6) is 0 Å². The lowest BCUT2D eigenvalue weighted by Gasteiger charge is -2.26. The van der Waals surface area contributed by atoms with E-state index in [0.717, 1.165) is 19.3 Å². The number of anilines is 1. The van der Waals surface area contributed by atoms with Gasteiger partial charge in [0.25, 0.3) is 5.91 Å². The van der Waals surface area contributed by atoms with Gasteiger partial charge in [0.15, 0.2) is 0 Å². The number of nitrogens with zero attached hydrogens (tertiary/aromatic N) is 1. The molecule has 25 heavy (non-hydrogen) atoms. The fourth-order valence-corrected chi connectivity index (χ4v) is 4.56. The Kier molecular flexibility index (Phi) is 5.15. The van der Waals surface area contributed by atoms with Crippen LogP contribution < -0.4 is 5.32 Å². The van der Waals surface area contributed by atoms with Gasteiger partial charge < -0.3 is 5.32 Å². The largest absolute Gasteiger partial charge is 0.322 e. The number of rotatable bonds is 4. The zero-order chi connectivity index (χ0) is 17.9. The summed E-state index contributed by atoms with van der Waals surface area (Å²) in [6.45, 7) is 0.937. The standard InChI is InChI=1S/C18H19FN2O3S/c19-14-8-10-15(11-9-14)20-18(22)16-6-2-3-7-17(16)25(23,24)21-12-4-1-5-13-21/h2-3,6-11H,1,4-5,12-13H2,(H,20,22). The number of halogens is 1. The zero-order valence-electron chi connectivity index (χ0n) is 13.6. The van der Waals surface area contributed by atoms with Crippen molar-refractivity contribution in [2.45, 2.75) is 24.2 Å². The van der Waals surface area contributed by atoms with Gasteiger partial charge in [-0.1, -0.05) is 18.6 Å². The Balaban J connectivity index is 1.89. The summed E-state index contributed by atoms with van der Waals surface area (Å²) < 4.78 is 40.2. The van der Waals surface area contributed by atoms with Crippen molar-refractivity contribution in [3.8, 4) is 0 Å². The summed E-state index contributed by atoms with van der Waals surface area (Å²) in [6, 6.07) is 11.5. The first-order valence-electron chi connectivity index (χ1n) is 8.14. The maximum atomic E-state index is 13.0. The van der Waals surface area contributed by atoms with Crippen molar-refractivity contribution < 1.29 is 17.6 Å². The molecule has 0 radical (unpaired) electrons. The van der Waals surface area contributed by atoms with Gasteiger partial charge in [0, 0.05) is 18.8 Å². The zero-order valence-corrected chi connectivity index (χ0v) is 14.4. The van der Waals surface area contributed by atoms with Gasteiger partial charge in [-0.05, 0) is 49.2 Å². The van der Waals surface area contributed by atoms with E-state index < -0.39 is 21.7 Å². The molecule has 5 nitrogen and oxygen atoms in total. The van der Waals surface area contributed by atoms with Gasteiger partial charge in [0.1, 0.15) is 5.82 Å². The Morgan fingerprint density at radius 3 is 2.28 bits per heavy atom. The summed E-state index contributed by atoms with van der Waals surface area (Å²) in [4.78, 5) is 12.6. The van der Waals surface area contributed by atoms with E-state index in [-0.39, 0.29) is 10.5 Å². The molecule has 0 aliphatic carbocycles. The lowest BCUT2D eigenvalue weighted by Crippen LogP contribution is -2.36. The van der Waals surface area contributed by atoms with Gasteiger partial charge in [0.05, 0.1) is 10.5 Å². The van der Waals surface area contributed by atoms with Crippen LogP contribution in [0.4, 0.5) is 10.1 Å². The minimum absolute atomic E-state index is 0.00323. The summed E-state index contributed by atoms with van der Waals surface area (Å²) in [6.07, 6.45) is 2.66. The Morgan fingerprint density at radius 2 is 1.60 bits per heavy atom. The normalized spacial score (nSPS) is 15.7. The summed E-state index contributed by atoms with van der Waals surface area (Å²) in [5, 5.41) is 2.61. The molecular formula is C18H19FN2O3S. The molecule has 0 unspecified atom stereocenters. The highest BCUT2D eigenvalue weighted by Crippen LogP contribution is 2.24. The van der Waals surface area contributed by atoms with E-state index in [4.69, 9.17) is 0 Å². The molecular weight excluding hydrogens is 343 g/mol. The molecule has 1 heterocycles.